The van der Waals surface area contributed by atoms with Crippen LogP contribution in [0.25, 0.3) is 0 Å². The fraction of sp³-hybridized carbons (Fsp3) is 0.864. The number of ether oxygens (including phenoxy) is 4. The second kappa shape index (κ2) is 15.2. The summed E-state index contributed by atoms with van der Waals surface area (Å²) in [5.41, 5.74) is 0. The van der Waals surface area contributed by atoms with E-state index >= 15 is 0 Å². The van der Waals surface area contributed by atoms with E-state index in [4.69, 9.17) is 18.9 Å². The molecule has 0 N–H and O–H groups in total. The molecule has 0 aromatic heterocycles. The Morgan fingerprint density at radius 3 is 1.97 bits per heavy atom. The Bertz CT molecular complexity index is 486. The van der Waals surface area contributed by atoms with Crippen LogP contribution in [0.1, 0.15) is 91.4 Å². The highest BCUT2D eigenvalue weighted by Crippen LogP contribution is 2.22. The van der Waals surface area contributed by atoms with E-state index in [1.807, 2.05) is 0 Å². The van der Waals surface area contributed by atoms with E-state index in [9.17, 15) is 14.4 Å². The number of hydrogen-bond acceptors (Lipinski definition) is 7. The van der Waals surface area contributed by atoms with Crippen molar-refractivity contribution in [2.75, 3.05) is 13.2 Å². The summed E-state index contributed by atoms with van der Waals surface area (Å²) in [4.78, 5) is 34.8. The molecule has 1 fully saturated rings. The molecule has 1 aliphatic heterocycles. The molecule has 0 bridgehead atoms. The van der Waals surface area contributed by atoms with Gasteiger partial charge in [0.1, 0.15) is 12.2 Å². The summed E-state index contributed by atoms with van der Waals surface area (Å²) in [5.74, 6) is -0.689. The summed E-state index contributed by atoms with van der Waals surface area (Å²) in [6.07, 6.45) is 7.03. The van der Waals surface area contributed by atoms with Gasteiger partial charge < -0.3 is 18.9 Å². The lowest BCUT2D eigenvalue weighted by Gasteiger charge is -2.23. The van der Waals surface area contributed by atoms with Crippen LogP contribution in [0.15, 0.2) is 0 Å². The molecule has 1 heterocycles. The quantitative estimate of drug-likeness (QED) is 0.226. The van der Waals surface area contributed by atoms with Crippen molar-refractivity contribution in [3.8, 4) is 0 Å². The van der Waals surface area contributed by atoms with Gasteiger partial charge in [0, 0.05) is 25.9 Å². The highest BCUT2D eigenvalue weighted by Gasteiger charge is 2.22. The highest BCUT2D eigenvalue weighted by molar-refractivity contribution is 5.69. The second-order valence-corrected chi connectivity index (χ2v) is 7.44. The van der Waals surface area contributed by atoms with Gasteiger partial charge in [0.05, 0.1) is 12.7 Å². The summed E-state index contributed by atoms with van der Waals surface area (Å²) in [5, 5.41) is 0. The van der Waals surface area contributed by atoms with E-state index in [0.29, 0.717) is 51.6 Å². The number of rotatable bonds is 15. The van der Waals surface area contributed by atoms with Crippen LogP contribution in [0.5, 0.6) is 0 Å². The van der Waals surface area contributed by atoms with Crippen LogP contribution >= 0.6 is 0 Å². The van der Waals surface area contributed by atoms with Crippen molar-refractivity contribution in [1.82, 2.24) is 0 Å². The van der Waals surface area contributed by atoms with Crippen molar-refractivity contribution in [2.45, 2.75) is 110 Å². The molecule has 1 saturated heterocycles. The zero-order chi connectivity index (χ0) is 21.5. The van der Waals surface area contributed by atoms with Crippen molar-refractivity contribution in [1.29, 1.82) is 0 Å². The van der Waals surface area contributed by atoms with E-state index in [2.05, 4.69) is 0 Å². The van der Waals surface area contributed by atoms with Gasteiger partial charge in [-0.25, -0.2) is 0 Å². The molecule has 1 aliphatic rings. The van der Waals surface area contributed by atoms with Crippen molar-refractivity contribution in [2.24, 2.45) is 0 Å². The third kappa shape index (κ3) is 11.8. The lowest BCUT2D eigenvalue weighted by atomic mass is 10.0. The molecule has 168 valence electrons. The summed E-state index contributed by atoms with van der Waals surface area (Å²) < 4.78 is 21.9. The Balaban J connectivity index is 2.51. The smallest absolute Gasteiger partial charge is 0.305 e. The number of carbonyl (C=O) groups excluding carboxylic acids is 3. The first-order valence-electron chi connectivity index (χ1n) is 11.1. The van der Waals surface area contributed by atoms with Crippen LogP contribution in [0.3, 0.4) is 0 Å². The first-order chi connectivity index (χ1) is 14.0. The molecular formula is C22H38O7. The molecule has 0 amide bonds. The van der Waals surface area contributed by atoms with E-state index in [-0.39, 0.29) is 36.2 Å². The van der Waals surface area contributed by atoms with E-state index in [1.165, 1.54) is 0 Å². The van der Waals surface area contributed by atoms with Crippen LogP contribution in [-0.2, 0) is 33.3 Å². The summed E-state index contributed by atoms with van der Waals surface area (Å²) in [6.45, 7) is 6.42. The Hall–Kier alpha value is -1.63. The van der Waals surface area contributed by atoms with Crippen molar-refractivity contribution < 1.29 is 33.3 Å². The maximum Gasteiger partial charge on any atom is 0.305 e. The third-order valence-corrected chi connectivity index (χ3v) is 5.04. The van der Waals surface area contributed by atoms with Crippen LogP contribution < -0.4 is 0 Å². The van der Waals surface area contributed by atoms with Gasteiger partial charge >= 0.3 is 17.9 Å². The molecule has 7 heteroatoms. The van der Waals surface area contributed by atoms with Gasteiger partial charge in [-0.3, -0.25) is 14.4 Å². The van der Waals surface area contributed by atoms with E-state index in [1.54, 1.807) is 20.8 Å². The van der Waals surface area contributed by atoms with E-state index < -0.39 is 0 Å². The van der Waals surface area contributed by atoms with Crippen molar-refractivity contribution in [3.63, 3.8) is 0 Å². The fourth-order valence-electron chi connectivity index (χ4n) is 3.28. The summed E-state index contributed by atoms with van der Waals surface area (Å²) in [6, 6.07) is 0. The maximum atomic E-state index is 11.8. The van der Waals surface area contributed by atoms with Crippen molar-refractivity contribution in [3.05, 3.63) is 0 Å². The van der Waals surface area contributed by atoms with Gasteiger partial charge in [-0.05, 0) is 51.4 Å². The molecule has 29 heavy (non-hydrogen) atoms. The minimum absolute atomic E-state index is 0.201. The van der Waals surface area contributed by atoms with Crippen molar-refractivity contribution >= 4 is 17.9 Å². The SMILES string of the molecule is CCC(=O)OCCCC(CCC(CCC1CCCO1)OC(=O)CC)OC(=O)CC. The average Bonchev–Trinajstić information content (AvgIpc) is 3.25. The zero-order valence-electron chi connectivity index (χ0n) is 18.3. The fourth-order valence-corrected chi connectivity index (χ4v) is 3.28. The Morgan fingerprint density at radius 2 is 1.45 bits per heavy atom. The number of esters is 3. The molecule has 3 atom stereocenters. The molecule has 0 aromatic carbocycles. The number of hydrogen-bond donors (Lipinski definition) is 0. The van der Waals surface area contributed by atoms with Gasteiger partial charge in [0.15, 0.2) is 0 Å². The summed E-state index contributed by atoms with van der Waals surface area (Å²) in [7, 11) is 0. The molecule has 1 rings (SSSR count). The largest absolute Gasteiger partial charge is 0.466 e. The molecule has 0 aliphatic carbocycles. The van der Waals surface area contributed by atoms with Crippen LogP contribution in [-0.4, -0.2) is 49.4 Å². The number of carbonyl (C=O) groups is 3. The molecule has 0 radical (unpaired) electrons. The highest BCUT2D eigenvalue weighted by atomic mass is 16.6. The Kier molecular flexibility index (Phi) is 13.4. The Morgan fingerprint density at radius 1 is 0.862 bits per heavy atom. The molecular weight excluding hydrogens is 376 g/mol. The van der Waals surface area contributed by atoms with Gasteiger partial charge in [-0.15, -0.1) is 0 Å². The normalized spacial score (nSPS) is 18.1. The van der Waals surface area contributed by atoms with Gasteiger partial charge in [0.25, 0.3) is 0 Å². The second-order valence-electron chi connectivity index (χ2n) is 7.44. The van der Waals surface area contributed by atoms with Crippen LogP contribution in [0.4, 0.5) is 0 Å². The first kappa shape index (κ1) is 25.4. The predicted molar refractivity (Wildman–Crippen MR) is 108 cm³/mol. The Labute approximate surface area is 174 Å². The van der Waals surface area contributed by atoms with Gasteiger partial charge in [0.2, 0.25) is 0 Å². The molecule has 0 aromatic rings. The zero-order valence-corrected chi connectivity index (χ0v) is 18.3. The first-order valence-corrected chi connectivity index (χ1v) is 11.1. The molecule has 0 saturated carbocycles. The maximum absolute atomic E-state index is 11.8. The molecule has 3 unspecified atom stereocenters. The molecule has 0 spiro atoms. The minimum atomic E-state index is -0.270. The van der Waals surface area contributed by atoms with Crippen LogP contribution in [0, 0.1) is 0 Å². The monoisotopic (exact) mass is 414 g/mol. The minimum Gasteiger partial charge on any atom is -0.466 e. The lowest BCUT2D eigenvalue weighted by Crippen LogP contribution is -2.24. The summed E-state index contributed by atoms with van der Waals surface area (Å²) >= 11 is 0. The standard InChI is InChI=1S/C22H38O7/c1-4-20(23)27-16-8-10-18(28-21(24)5-2)13-14-19(29-22(25)6-3)12-11-17-9-7-15-26-17/h17-19H,4-16H2,1-3H3. The third-order valence-electron chi connectivity index (χ3n) is 5.04. The van der Waals surface area contributed by atoms with E-state index in [0.717, 1.165) is 32.3 Å². The van der Waals surface area contributed by atoms with Gasteiger partial charge in [-0.2, -0.15) is 0 Å². The topological polar surface area (TPSA) is 88.1 Å². The molecule has 7 nitrogen and oxygen atoms in total. The van der Waals surface area contributed by atoms with Gasteiger partial charge in [-0.1, -0.05) is 20.8 Å². The average molecular weight is 415 g/mol. The van der Waals surface area contributed by atoms with Crippen LogP contribution in [0.2, 0.25) is 0 Å². The lowest BCUT2D eigenvalue weighted by molar-refractivity contribution is -0.154. The predicted octanol–water partition coefficient (Wildman–Crippen LogP) is 4.10.